The second kappa shape index (κ2) is 11.1. The largest absolute Gasteiger partial charge is 0.382 e. The molecule has 0 radical (unpaired) electrons. The van der Waals surface area contributed by atoms with Gasteiger partial charge in [-0.05, 0) is 43.9 Å². The van der Waals surface area contributed by atoms with Gasteiger partial charge in [0.2, 0.25) is 0 Å². The van der Waals surface area contributed by atoms with Crippen molar-refractivity contribution < 1.29 is 9.47 Å². The number of likely N-dealkylation sites (tertiary alicyclic amines) is 1. The van der Waals surface area contributed by atoms with E-state index < -0.39 is 0 Å². The normalized spacial score (nSPS) is 18.0. The van der Waals surface area contributed by atoms with Gasteiger partial charge in [-0.15, -0.1) is 0 Å². The van der Waals surface area contributed by atoms with Gasteiger partial charge in [0.1, 0.15) is 0 Å². The summed E-state index contributed by atoms with van der Waals surface area (Å²) < 4.78 is 10.7. The number of hydrogen-bond acceptors (Lipinski definition) is 4. The Morgan fingerprint density at radius 3 is 3.08 bits per heavy atom. The summed E-state index contributed by atoms with van der Waals surface area (Å²) >= 11 is 0. The first kappa shape index (κ1) is 19.7. The minimum absolute atomic E-state index is 0.572. The van der Waals surface area contributed by atoms with Crippen molar-refractivity contribution in [3.63, 3.8) is 0 Å². The van der Waals surface area contributed by atoms with Crippen LogP contribution in [0.3, 0.4) is 0 Å². The minimum atomic E-state index is 0.572. The maximum Gasteiger partial charge on any atom is 0.193 e. The van der Waals surface area contributed by atoms with E-state index >= 15 is 0 Å². The number of ether oxygens (including phenoxy) is 2. The zero-order valence-corrected chi connectivity index (χ0v) is 15.8. The Morgan fingerprint density at radius 1 is 1.44 bits per heavy atom. The van der Waals surface area contributed by atoms with Crippen molar-refractivity contribution in [2.45, 2.75) is 26.7 Å². The molecule has 1 aromatic heterocycles. The predicted molar refractivity (Wildman–Crippen MR) is 101 cm³/mol. The highest BCUT2D eigenvalue weighted by Gasteiger charge is 2.24. The summed E-state index contributed by atoms with van der Waals surface area (Å²) in [6, 6.07) is 2.08. The number of guanidine groups is 1. The summed E-state index contributed by atoms with van der Waals surface area (Å²) in [5, 5.41) is 3.43. The second-order valence-corrected chi connectivity index (χ2v) is 6.46. The molecule has 6 nitrogen and oxygen atoms in total. The summed E-state index contributed by atoms with van der Waals surface area (Å²) in [4.78, 5) is 11.3. The maximum absolute atomic E-state index is 5.68. The van der Waals surface area contributed by atoms with Crippen LogP contribution in [0.2, 0.25) is 0 Å². The van der Waals surface area contributed by atoms with Crippen molar-refractivity contribution in [1.29, 1.82) is 0 Å². The first-order valence-corrected chi connectivity index (χ1v) is 9.24. The molecule has 2 rings (SSSR count). The molecule has 1 aromatic rings. The molecule has 6 heteroatoms. The zero-order chi connectivity index (χ0) is 17.9. The molecule has 0 spiro atoms. The van der Waals surface area contributed by atoms with Crippen LogP contribution in [-0.2, 0) is 15.9 Å². The highest BCUT2D eigenvalue weighted by Crippen LogP contribution is 2.17. The van der Waals surface area contributed by atoms with Crippen LogP contribution in [0, 0.1) is 12.8 Å². The Morgan fingerprint density at radius 2 is 2.32 bits per heavy atom. The number of hydrogen-bond donors (Lipinski definition) is 1. The van der Waals surface area contributed by atoms with E-state index in [0.29, 0.717) is 19.1 Å². The van der Waals surface area contributed by atoms with Crippen LogP contribution in [0.15, 0.2) is 23.5 Å². The molecular formula is C19H32N4O2. The van der Waals surface area contributed by atoms with Crippen molar-refractivity contribution in [2.24, 2.45) is 10.9 Å². The molecule has 0 saturated carbocycles. The predicted octanol–water partition coefficient (Wildman–Crippen LogP) is 1.88. The Kier molecular flexibility index (Phi) is 8.69. The standard InChI is InChI=1S/C19H32N4O2/c1-4-21-19(22-9-6-18-5-8-20-13-16(18)2)23-10-7-17(14-23)15-25-12-11-24-3/h5,8,13,17H,4,6-7,9-12,14-15H2,1-3H3,(H,21,22). The van der Waals surface area contributed by atoms with Gasteiger partial charge in [-0.3, -0.25) is 9.98 Å². The number of nitrogens with one attached hydrogen (secondary N) is 1. The van der Waals surface area contributed by atoms with Gasteiger partial charge in [0.15, 0.2) is 5.96 Å². The number of rotatable bonds is 9. The maximum atomic E-state index is 5.68. The first-order chi connectivity index (χ1) is 12.2. The molecule has 1 atom stereocenters. The molecule has 1 saturated heterocycles. The van der Waals surface area contributed by atoms with Crippen LogP contribution >= 0.6 is 0 Å². The monoisotopic (exact) mass is 348 g/mol. The molecule has 0 bridgehead atoms. The summed E-state index contributed by atoms with van der Waals surface area (Å²) in [5.74, 6) is 1.59. The van der Waals surface area contributed by atoms with Crippen LogP contribution in [-0.4, -0.2) is 69.0 Å². The van der Waals surface area contributed by atoms with E-state index in [-0.39, 0.29) is 0 Å². The average Bonchev–Trinajstić information content (AvgIpc) is 3.08. The Hall–Kier alpha value is -1.66. The first-order valence-electron chi connectivity index (χ1n) is 9.24. The Bertz CT molecular complexity index is 536. The van der Waals surface area contributed by atoms with Gasteiger partial charge in [-0.1, -0.05) is 0 Å². The van der Waals surface area contributed by atoms with Gasteiger partial charge in [-0.25, -0.2) is 0 Å². The fourth-order valence-corrected chi connectivity index (χ4v) is 3.04. The quantitative estimate of drug-likeness (QED) is 0.419. The van der Waals surface area contributed by atoms with E-state index in [4.69, 9.17) is 14.5 Å². The highest BCUT2D eigenvalue weighted by molar-refractivity contribution is 5.80. The molecule has 1 fully saturated rings. The fraction of sp³-hybridized carbons (Fsp3) is 0.684. The molecule has 1 aliphatic rings. The number of pyridine rings is 1. The summed E-state index contributed by atoms with van der Waals surface area (Å²) in [5.41, 5.74) is 2.55. The molecule has 0 aromatic carbocycles. The van der Waals surface area contributed by atoms with Crippen LogP contribution < -0.4 is 5.32 Å². The van der Waals surface area contributed by atoms with Gasteiger partial charge in [-0.2, -0.15) is 0 Å². The zero-order valence-electron chi connectivity index (χ0n) is 15.8. The van der Waals surface area contributed by atoms with E-state index in [1.165, 1.54) is 11.1 Å². The fourth-order valence-electron chi connectivity index (χ4n) is 3.04. The number of aliphatic imine (C=N–C) groups is 1. The van der Waals surface area contributed by atoms with Gasteiger partial charge in [0, 0.05) is 51.6 Å². The molecule has 25 heavy (non-hydrogen) atoms. The van der Waals surface area contributed by atoms with Gasteiger partial charge < -0.3 is 19.7 Å². The molecule has 1 N–H and O–H groups in total. The van der Waals surface area contributed by atoms with E-state index in [9.17, 15) is 0 Å². The third kappa shape index (κ3) is 6.63. The smallest absolute Gasteiger partial charge is 0.193 e. The average molecular weight is 348 g/mol. The van der Waals surface area contributed by atoms with Gasteiger partial charge >= 0.3 is 0 Å². The number of aryl methyl sites for hydroxylation is 1. The van der Waals surface area contributed by atoms with Gasteiger partial charge in [0.05, 0.1) is 19.8 Å². The minimum Gasteiger partial charge on any atom is -0.382 e. The van der Waals surface area contributed by atoms with Crippen LogP contribution in [0.5, 0.6) is 0 Å². The van der Waals surface area contributed by atoms with Crippen molar-refractivity contribution in [3.05, 3.63) is 29.6 Å². The van der Waals surface area contributed by atoms with Crippen LogP contribution in [0.4, 0.5) is 0 Å². The summed E-state index contributed by atoms with van der Waals surface area (Å²) in [6.45, 7) is 10.1. The Balaban J connectivity index is 1.82. The molecule has 2 heterocycles. The van der Waals surface area contributed by atoms with Crippen molar-refractivity contribution in [2.75, 3.05) is 53.1 Å². The number of aromatic nitrogens is 1. The second-order valence-electron chi connectivity index (χ2n) is 6.46. The lowest BCUT2D eigenvalue weighted by Gasteiger charge is -2.21. The molecule has 1 aliphatic heterocycles. The lowest BCUT2D eigenvalue weighted by atomic mass is 10.1. The summed E-state index contributed by atoms with van der Waals surface area (Å²) in [6.07, 6.45) is 5.87. The van der Waals surface area contributed by atoms with Crippen LogP contribution in [0.25, 0.3) is 0 Å². The third-order valence-electron chi connectivity index (χ3n) is 4.48. The summed E-state index contributed by atoms with van der Waals surface area (Å²) in [7, 11) is 1.70. The lowest BCUT2D eigenvalue weighted by Crippen LogP contribution is -2.40. The van der Waals surface area contributed by atoms with Crippen molar-refractivity contribution in [1.82, 2.24) is 15.2 Å². The SMILES string of the molecule is CCNC(=NCCc1ccncc1C)N1CCC(COCCOC)C1. The third-order valence-corrected chi connectivity index (χ3v) is 4.48. The highest BCUT2D eigenvalue weighted by atomic mass is 16.5. The molecule has 140 valence electrons. The molecular weight excluding hydrogens is 316 g/mol. The van der Waals surface area contributed by atoms with Crippen molar-refractivity contribution in [3.8, 4) is 0 Å². The van der Waals surface area contributed by atoms with E-state index in [1.807, 2.05) is 12.4 Å². The van der Waals surface area contributed by atoms with E-state index in [1.54, 1.807) is 7.11 Å². The number of methoxy groups -OCH3 is 1. The van der Waals surface area contributed by atoms with Crippen molar-refractivity contribution >= 4 is 5.96 Å². The van der Waals surface area contributed by atoms with Crippen LogP contribution in [0.1, 0.15) is 24.5 Å². The molecule has 0 aliphatic carbocycles. The molecule has 0 amide bonds. The van der Waals surface area contributed by atoms with Gasteiger partial charge in [0.25, 0.3) is 0 Å². The molecule has 1 unspecified atom stereocenters. The Labute approximate surface area is 151 Å². The van der Waals surface area contributed by atoms with E-state index in [2.05, 4.69) is 35.1 Å². The lowest BCUT2D eigenvalue weighted by molar-refractivity contribution is 0.0536. The number of nitrogens with zero attached hydrogens (tertiary/aromatic N) is 3. The topological polar surface area (TPSA) is 59.0 Å². The van der Waals surface area contributed by atoms with E-state index in [0.717, 1.165) is 51.6 Å².